The molecular weight excluding hydrogens is 471 g/mol. The third-order valence-corrected chi connectivity index (χ3v) is 6.16. The molecule has 3 aromatic carbocycles. The highest BCUT2D eigenvalue weighted by Crippen LogP contribution is 2.44. The molecule has 0 radical (unpaired) electrons. The maximum absolute atomic E-state index is 13.2. The van der Waals surface area contributed by atoms with Gasteiger partial charge in [0.1, 0.15) is 18.8 Å². The Morgan fingerprint density at radius 2 is 1.31 bits per heavy atom. The third-order valence-electron chi connectivity index (χ3n) is 5.40. The summed E-state index contributed by atoms with van der Waals surface area (Å²) in [7, 11) is 0. The van der Waals surface area contributed by atoms with Crippen molar-refractivity contribution in [2.45, 2.75) is 18.2 Å². The molecule has 1 aliphatic heterocycles. The number of hydrogen-bond donors (Lipinski definition) is 1. The lowest BCUT2D eigenvalue weighted by Crippen LogP contribution is -2.50. The predicted molar refractivity (Wildman–Crippen MR) is 125 cm³/mol. The number of rotatable bonds is 5. The summed E-state index contributed by atoms with van der Waals surface area (Å²) < 4.78 is 5.99. The van der Waals surface area contributed by atoms with Crippen molar-refractivity contribution >= 4 is 46.6 Å². The van der Waals surface area contributed by atoms with E-state index in [1.54, 1.807) is 48.5 Å². The summed E-state index contributed by atoms with van der Waals surface area (Å²) in [6.45, 7) is -0.200. The van der Waals surface area contributed by atoms with Crippen LogP contribution >= 0.6 is 34.8 Å². The molecule has 0 spiro atoms. The lowest BCUT2D eigenvalue weighted by atomic mass is 9.90. The molecule has 1 heterocycles. The Morgan fingerprint density at radius 3 is 1.81 bits per heavy atom. The van der Waals surface area contributed by atoms with Crippen LogP contribution in [0.2, 0.25) is 15.1 Å². The van der Waals surface area contributed by atoms with E-state index in [-0.39, 0.29) is 12.5 Å². The van der Waals surface area contributed by atoms with Crippen LogP contribution in [0, 0.1) is 0 Å². The molecule has 2 N–H and O–H groups in total. The molecule has 3 atom stereocenters. The van der Waals surface area contributed by atoms with E-state index in [1.165, 1.54) is 4.90 Å². The van der Waals surface area contributed by atoms with Gasteiger partial charge in [0.05, 0.1) is 6.04 Å². The SMILES string of the molecule is NC(=O)[C@H](c1ccc(Cl)cc1)N1C(=O)CO[C@H](c2ccc(Cl)cc2)[C@@H]1c1ccc(Cl)cc1. The molecule has 0 bridgehead atoms. The highest BCUT2D eigenvalue weighted by Gasteiger charge is 2.44. The van der Waals surface area contributed by atoms with E-state index >= 15 is 0 Å². The number of ether oxygens (including phenoxy) is 1. The number of nitrogens with zero attached hydrogens (tertiary/aromatic N) is 1. The lowest BCUT2D eigenvalue weighted by molar-refractivity contribution is -0.166. The van der Waals surface area contributed by atoms with E-state index in [1.807, 2.05) is 24.3 Å². The zero-order valence-electron chi connectivity index (χ0n) is 16.8. The average Bonchev–Trinajstić information content (AvgIpc) is 2.77. The van der Waals surface area contributed by atoms with Crippen molar-refractivity contribution in [3.05, 3.63) is 105 Å². The zero-order valence-corrected chi connectivity index (χ0v) is 19.0. The Hall–Kier alpha value is -2.57. The van der Waals surface area contributed by atoms with Gasteiger partial charge < -0.3 is 15.4 Å². The maximum atomic E-state index is 13.2. The molecule has 32 heavy (non-hydrogen) atoms. The largest absolute Gasteiger partial charge is 0.368 e. The number of benzene rings is 3. The van der Waals surface area contributed by atoms with Gasteiger partial charge in [-0.25, -0.2) is 0 Å². The van der Waals surface area contributed by atoms with Crippen LogP contribution in [-0.2, 0) is 14.3 Å². The first-order chi connectivity index (χ1) is 15.3. The lowest BCUT2D eigenvalue weighted by Gasteiger charge is -2.44. The van der Waals surface area contributed by atoms with Crippen molar-refractivity contribution < 1.29 is 14.3 Å². The van der Waals surface area contributed by atoms with Gasteiger partial charge in [-0.3, -0.25) is 9.59 Å². The number of primary amides is 1. The van der Waals surface area contributed by atoms with Gasteiger partial charge in [0.2, 0.25) is 11.8 Å². The van der Waals surface area contributed by atoms with Crippen LogP contribution in [0.15, 0.2) is 72.8 Å². The second-order valence-corrected chi connectivity index (χ2v) is 8.75. The monoisotopic (exact) mass is 488 g/mol. The fraction of sp³-hybridized carbons (Fsp3) is 0.167. The molecule has 0 saturated carbocycles. The number of hydrogen-bond acceptors (Lipinski definition) is 3. The van der Waals surface area contributed by atoms with Gasteiger partial charge in [-0.2, -0.15) is 0 Å². The van der Waals surface area contributed by atoms with Crippen LogP contribution < -0.4 is 5.73 Å². The molecule has 1 fully saturated rings. The normalized spacial score (nSPS) is 19.6. The van der Waals surface area contributed by atoms with Crippen LogP contribution in [0.25, 0.3) is 0 Å². The fourth-order valence-corrected chi connectivity index (χ4v) is 4.34. The Morgan fingerprint density at radius 1 is 0.844 bits per heavy atom. The van der Waals surface area contributed by atoms with Crippen LogP contribution in [0.1, 0.15) is 34.9 Å². The summed E-state index contributed by atoms with van der Waals surface area (Å²) in [5.41, 5.74) is 7.95. The Balaban J connectivity index is 1.86. The number of nitrogens with two attached hydrogens (primary N) is 1. The summed E-state index contributed by atoms with van der Waals surface area (Å²) in [4.78, 5) is 27.3. The van der Waals surface area contributed by atoms with Gasteiger partial charge in [0.25, 0.3) is 0 Å². The Labute approximate surface area is 200 Å². The molecule has 8 heteroatoms. The van der Waals surface area contributed by atoms with E-state index in [2.05, 4.69) is 0 Å². The number of halogens is 3. The van der Waals surface area contributed by atoms with Gasteiger partial charge in [0.15, 0.2) is 0 Å². The molecule has 4 rings (SSSR count). The standard InChI is InChI=1S/C24H19Cl3N2O3/c25-17-7-1-14(2-8-17)21-23(16-5-11-19(27)12-6-16)32-13-20(30)29(21)22(24(28)31)15-3-9-18(26)10-4-15/h1-12,21-23H,13H2,(H2,28,31)/t21-,22-,23+/m0/s1. The highest BCUT2D eigenvalue weighted by molar-refractivity contribution is 6.31. The number of morpholine rings is 1. The summed E-state index contributed by atoms with van der Waals surface area (Å²) in [6, 6.07) is 19.3. The summed E-state index contributed by atoms with van der Waals surface area (Å²) in [5, 5.41) is 1.64. The second kappa shape index (κ2) is 9.51. The number of amides is 2. The van der Waals surface area contributed by atoms with Gasteiger partial charge in [-0.05, 0) is 53.1 Å². The predicted octanol–water partition coefficient (Wildman–Crippen LogP) is 5.51. The molecule has 2 amide bonds. The van der Waals surface area contributed by atoms with Gasteiger partial charge >= 0.3 is 0 Å². The second-order valence-electron chi connectivity index (χ2n) is 7.44. The highest BCUT2D eigenvalue weighted by atomic mass is 35.5. The van der Waals surface area contributed by atoms with Crippen molar-refractivity contribution in [3.63, 3.8) is 0 Å². The summed E-state index contributed by atoms with van der Waals surface area (Å²) in [5.74, 6) is -1.01. The molecule has 5 nitrogen and oxygen atoms in total. The van der Waals surface area contributed by atoms with E-state index in [0.717, 1.165) is 11.1 Å². The zero-order chi connectivity index (χ0) is 22.8. The molecule has 3 aromatic rings. The first kappa shape index (κ1) is 22.6. The number of carbonyl (C=O) groups excluding carboxylic acids is 2. The number of carbonyl (C=O) groups is 2. The summed E-state index contributed by atoms with van der Waals surface area (Å²) >= 11 is 18.2. The minimum Gasteiger partial charge on any atom is -0.368 e. The Bertz CT molecular complexity index is 1120. The van der Waals surface area contributed by atoms with Crippen molar-refractivity contribution in [2.75, 3.05) is 6.61 Å². The molecule has 1 saturated heterocycles. The molecule has 0 aromatic heterocycles. The minimum absolute atomic E-state index is 0.200. The van der Waals surface area contributed by atoms with Crippen LogP contribution in [0.3, 0.4) is 0 Å². The first-order valence-corrected chi connectivity index (χ1v) is 11.0. The van der Waals surface area contributed by atoms with Gasteiger partial charge in [-0.1, -0.05) is 71.2 Å². The van der Waals surface area contributed by atoms with Gasteiger partial charge in [-0.15, -0.1) is 0 Å². The maximum Gasteiger partial charge on any atom is 0.250 e. The van der Waals surface area contributed by atoms with Crippen molar-refractivity contribution in [2.24, 2.45) is 5.73 Å². The summed E-state index contributed by atoms with van der Waals surface area (Å²) in [6.07, 6.45) is -0.555. The molecule has 1 aliphatic rings. The van der Waals surface area contributed by atoms with Crippen molar-refractivity contribution in [1.82, 2.24) is 4.90 Å². The van der Waals surface area contributed by atoms with Crippen molar-refractivity contribution in [1.29, 1.82) is 0 Å². The van der Waals surface area contributed by atoms with E-state index in [4.69, 9.17) is 45.3 Å². The van der Waals surface area contributed by atoms with Crippen LogP contribution in [-0.4, -0.2) is 23.3 Å². The molecule has 0 unspecified atom stereocenters. The average molecular weight is 490 g/mol. The molecular formula is C24H19Cl3N2O3. The van der Waals surface area contributed by atoms with Crippen LogP contribution in [0.5, 0.6) is 0 Å². The molecule has 0 aliphatic carbocycles. The topological polar surface area (TPSA) is 72.6 Å². The van der Waals surface area contributed by atoms with Crippen molar-refractivity contribution in [3.8, 4) is 0 Å². The van der Waals surface area contributed by atoms with E-state index in [0.29, 0.717) is 20.6 Å². The quantitative estimate of drug-likeness (QED) is 0.513. The van der Waals surface area contributed by atoms with E-state index in [9.17, 15) is 9.59 Å². The fourth-order valence-electron chi connectivity index (χ4n) is 3.97. The first-order valence-electron chi connectivity index (χ1n) is 9.83. The molecule has 164 valence electrons. The smallest absolute Gasteiger partial charge is 0.250 e. The van der Waals surface area contributed by atoms with Crippen LogP contribution in [0.4, 0.5) is 0 Å². The minimum atomic E-state index is -1.01. The van der Waals surface area contributed by atoms with Gasteiger partial charge in [0, 0.05) is 15.1 Å². The Kier molecular flexibility index (Phi) is 6.72. The van der Waals surface area contributed by atoms with E-state index < -0.39 is 24.1 Å². The third kappa shape index (κ3) is 4.62.